The van der Waals surface area contributed by atoms with Gasteiger partial charge in [0.05, 0.1) is 5.41 Å². The zero-order valence-corrected chi connectivity index (χ0v) is 12.0. The maximum Gasteiger partial charge on any atom is 0.442 e. The van der Waals surface area contributed by atoms with Crippen molar-refractivity contribution in [3.63, 3.8) is 0 Å². The molecule has 124 valence electrons. The Bertz CT molecular complexity index is 511. The fraction of sp³-hybridized carbons (Fsp3) is 0.500. The van der Waals surface area contributed by atoms with Crippen LogP contribution in [-0.2, 0) is 15.1 Å². The van der Waals surface area contributed by atoms with Gasteiger partial charge in [-0.2, -0.15) is 26.3 Å². The average Bonchev–Trinajstić information content (AvgIpc) is 2.32. The number of hydrogen-bond donors (Lipinski definition) is 0. The molecule has 0 aliphatic heterocycles. The summed E-state index contributed by atoms with van der Waals surface area (Å²) in [4.78, 5) is 11.7. The third kappa shape index (κ3) is 3.20. The molecule has 0 aromatic heterocycles. The van der Waals surface area contributed by atoms with Gasteiger partial charge in [-0.3, -0.25) is 4.79 Å². The van der Waals surface area contributed by atoms with Gasteiger partial charge in [0.15, 0.2) is 0 Å². The summed E-state index contributed by atoms with van der Waals surface area (Å²) in [5.41, 5.74) is -7.44. The van der Waals surface area contributed by atoms with Crippen LogP contribution in [-0.4, -0.2) is 18.3 Å². The lowest BCUT2D eigenvalue weighted by Gasteiger charge is -2.38. The van der Waals surface area contributed by atoms with Crippen LogP contribution in [0.1, 0.15) is 26.3 Å². The highest BCUT2D eigenvalue weighted by Crippen LogP contribution is 2.53. The predicted octanol–water partition coefficient (Wildman–Crippen LogP) is 4.60. The summed E-state index contributed by atoms with van der Waals surface area (Å²) in [5.74, 6) is -1.61. The summed E-state index contributed by atoms with van der Waals surface area (Å²) >= 11 is 0. The Kier molecular flexibility index (Phi) is 4.56. The number of rotatable bonds is 2. The zero-order chi connectivity index (χ0) is 17.4. The molecular weight excluding hydrogens is 314 g/mol. The Hall–Kier alpha value is -1.73. The van der Waals surface area contributed by atoms with Gasteiger partial charge in [0, 0.05) is 5.56 Å². The monoisotopic (exact) mass is 328 g/mol. The molecule has 0 saturated heterocycles. The van der Waals surface area contributed by atoms with Crippen LogP contribution in [0.15, 0.2) is 30.3 Å². The van der Waals surface area contributed by atoms with Crippen LogP contribution < -0.4 is 0 Å². The predicted molar refractivity (Wildman–Crippen MR) is 65.8 cm³/mol. The largest absolute Gasteiger partial charge is 0.442 e. The number of halogens is 6. The Labute approximate surface area is 123 Å². The molecular formula is C14H14F6O2. The molecule has 0 unspecified atom stereocenters. The number of carbonyl (C=O) groups excluding carboxylic acids is 1. The van der Waals surface area contributed by atoms with Crippen molar-refractivity contribution in [2.45, 2.75) is 38.7 Å². The van der Waals surface area contributed by atoms with Crippen molar-refractivity contribution in [1.29, 1.82) is 0 Å². The van der Waals surface area contributed by atoms with Crippen molar-refractivity contribution in [1.82, 2.24) is 0 Å². The van der Waals surface area contributed by atoms with E-state index in [-0.39, 0.29) is 0 Å². The van der Waals surface area contributed by atoms with Gasteiger partial charge in [0.2, 0.25) is 0 Å². The molecule has 22 heavy (non-hydrogen) atoms. The van der Waals surface area contributed by atoms with Gasteiger partial charge in [-0.05, 0) is 20.8 Å². The van der Waals surface area contributed by atoms with Crippen molar-refractivity contribution in [2.75, 3.05) is 0 Å². The van der Waals surface area contributed by atoms with E-state index in [4.69, 9.17) is 0 Å². The fourth-order valence-corrected chi connectivity index (χ4v) is 1.63. The van der Waals surface area contributed by atoms with E-state index in [2.05, 4.69) is 4.74 Å². The summed E-state index contributed by atoms with van der Waals surface area (Å²) in [6.45, 7) is 3.49. The first-order chi connectivity index (χ1) is 9.73. The van der Waals surface area contributed by atoms with Crippen LogP contribution in [0.25, 0.3) is 0 Å². The third-order valence-electron chi connectivity index (χ3n) is 2.84. The lowest BCUT2D eigenvalue weighted by Crippen LogP contribution is -2.57. The molecule has 0 aliphatic rings. The van der Waals surface area contributed by atoms with E-state index in [0.717, 1.165) is 32.9 Å². The highest BCUT2D eigenvalue weighted by Gasteiger charge is 2.75. The fourth-order valence-electron chi connectivity index (χ4n) is 1.63. The van der Waals surface area contributed by atoms with Gasteiger partial charge in [-0.1, -0.05) is 30.3 Å². The van der Waals surface area contributed by atoms with Gasteiger partial charge in [-0.15, -0.1) is 0 Å². The molecule has 0 fully saturated rings. The molecule has 0 bridgehead atoms. The molecule has 0 radical (unpaired) electrons. The topological polar surface area (TPSA) is 26.3 Å². The van der Waals surface area contributed by atoms with Crippen LogP contribution in [0.4, 0.5) is 26.3 Å². The van der Waals surface area contributed by atoms with Crippen LogP contribution in [0.3, 0.4) is 0 Å². The highest BCUT2D eigenvalue weighted by molar-refractivity contribution is 5.76. The molecule has 0 saturated carbocycles. The first-order valence-corrected chi connectivity index (χ1v) is 6.16. The maximum absolute atomic E-state index is 13.3. The van der Waals surface area contributed by atoms with Crippen molar-refractivity contribution >= 4 is 5.97 Å². The third-order valence-corrected chi connectivity index (χ3v) is 2.84. The molecule has 2 nitrogen and oxygen atoms in total. The standard InChI is InChI=1S/C14H14F6O2/c1-11(2,3)10(21)22-12(13(15,16)17,14(18,19)20)9-7-5-4-6-8-9/h4-8H,1-3H3. The first kappa shape index (κ1) is 18.3. The number of esters is 1. The van der Waals surface area contributed by atoms with Crippen LogP contribution in [0.2, 0.25) is 0 Å². The Morgan fingerprint density at radius 2 is 1.27 bits per heavy atom. The van der Waals surface area contributed by atoms with Crippen LogP contribution >= 0.6 is 0 Å². The molecule has 0 aliphatic carbocycles. The quantitative estimate of drug-likeness (QED) is 0.586. The van der Waals surface area contributed by atoms with Crippen molar-refractivity contribution < 1.29 is 35.9 Å². The van der Waals surface area contributed by atoms with E-state index in [1.807, 2.05) is 0 Å². The summed E-state index contributed by atoms with van der Waals surface area (Å²) in [6.07, 6.45) is -11.7. The van der Waals surface area contributed by atoms with Gasteiger partial charge >= 0.3 is 23.9 Å². The Balaban J connectivity index is 3.59. The second-order valence-electron chi connectivity index (χ2n) is 5.68. The van der Waals surface area contributed by atoms with Crippen LogP contribution in [0.5, 0.6) is 0 Å². The van der Waals surface area contributed by atoms with E-state index < -0.39 is 34.9 Å². The lowest BCUT2D eigenvalue weighted by atomic mass is 9.90. The Morgan fingerprint density at radius 3 is 1.59 bits per heavy atom. The minimum absolute atomic E-state index is 0.622. The van der Waals surface area contributed by atoms with Gasteiger partial charge in [0.25, 0.3) is 0 Å². The van der Waals surface area contributed by atoms with Crippen molar-refractivity contribution in [3.05, 3.63) is 35.9 Å². The molecule has 0 atom stereocenters. The minimum Gasteiger partial charge on any atom is -0.434 e. The summed E-state index contributed by atoms with van der Waals surface area (Å²) in [7, 11) is 0. The second-order valence-corrected chi connectivity index (χ2v) is 5.68. The van der Waals surface area contributed by atoms with E-state index in [1.54, 1.807) is 0 Å². The number of alkyl halides is 6. The molecule has 0 N–H and O–H groups in total. The van der Waals surface area contributed by atoms with E-state index in [0.29, 0.717) is 12.1 Å². The van der Waals surface area contributed by atoms with E-state index >= 15 is 0 Å². The highest BCUT2D eigenvalue weighted by atomic mass is 19.4. The summed E-state index contributed by atoms with van der Waals surface area (Å²) in [5, 5.41) is 0. The number of ether oxygens (including phenoxy) is 1. The maximum atomic E-state index is 13.3. The molecule has 0 amide bonds. The van der Waals surface area contributed by atoms with Crippen molar-refractivity contribution in [2.24, 2.45) is 5.41 Å². The molecule has 1 aromatic carbocycles. The molecule has 1 rings (SSSR count). The van der Waals surface area contributed by atoms with E-state index in [1.165, 1.54) is 6.07 Å². The van der Waals surface area contributed by atoms with Crippen molar-refractivity contribution in [3.8, 4) is 0 Å². The number of carbonyl (C=O) groups is 1. The molecule has 0 heterocycles. The average molecular weight is 328 g/mol. The lowest BCUT2D eigenvalue weighted by molar-refractivity contribution is -0.379. The first-order valence-electron chi connectivity index (χ1n) is 6.16. The molecule has 0 spiro atoms. The smallest absolute Gasteiger partial charge is 0.434 e. The summed E-state index contributed by atoms with van der Waals surface area (Å²) < 4.78 is 83.9. The van der Waals surface area contributed by atoms with Gasteiger partial charge in [-0.25, -0.2) is 0 Å². The normalized spacial score (nSPS) is 13.9. The van der Waals surface area contributed by atoms with Gasteiger partial charge < -0.3 is 4.74 Å². The number of benzene rings is 1. The van der Waals surface area contributed by atoms with E-state index in [9.17, 15) is 31.1 Å². The zero-order valence-electron chi connectivity index (χ0n) is 12.0. The Morgan fingerprint density at radius 1 is 0.864 bits per heavy atom. The SMILES string of the molecule is CC(C)(C)C(=O)OC(c1ccccc1)(C(F)(F)F)C(F)(F)F. The second kappa shape index (κ2) is 5.48. The molecule has 1 aromatic rings. The number of hydrogen-bond acceptors (Lipinski definition) is 2. The summed E-state index contributed by atoms with van der Waals surface area (Å²) in [6, 6.07) is 4.51. The molecule has 8 heteroatoms. The van der Waals surface area contributed by atoms with Crippen LogP contribution in [0, 0.1) is 5.41 Å². The minimum atomic E-state index is -5.87. The van der Waals surface area contributed by atoms with Gasteiger partial charge in [0.1, 0.15) is 0 Å².